The molecule has 0 aromatic carbocycles. The number of ether oxygens (including phenoxy) is 2. The molecule has 1 saturated heterocycles. The molecule has 6 N–H and O–H groups in total. The lowest BCUT2D eigenvalue weighted by Crippen LogP contribution is -2.60. The quantitative estimate of drug-likeness (QED) is 0.0264. The van der Waals surface area contributed by atoms with Gasteiger partial charge in [0.15, 0.2) is 6.29 Å². The van der Waals surface area contributed by atoms with E-state index in [1.807, 2.05) is 0 Å². The number of hydrogen-bond donors (Lipinski definition) is 6. The van der Waals surface area contributed by atoms with Gasteiger partial charge in [0.25, 0.3) is 0 Å². The van der Waals surface area contributed by atoms with Crippen LogP contribution in [0.5, 0.6) is 0 Å². The SMILES string of the molecule is CCCCCCCCCCCCCC/C=C\CCCCCCCCCCC(=O)NC(COC1OC(CO)C(O)C(O)C1O)C(O)CCCCCCCCCCCC. The van der Waals surface area contributed by atoms with Crippen LogP contribution >= 0.6 is 0 Å². The van der Waals surface area contributed by atoms with Crippen molar-refractivity contribution in [2.24, 2.45) is 0 Å². The maximum absolute atomic E-state index is 13.0. The van der Waals surface area contributed by atoms with Crippen LogP contribution in [-0.4, -0.2) is 87.5 Å². The summed E-state index contributed by atoms with van der Waals surface area (Å²) >= 11 is 0. The average Bonchev–Trinajstić information content (AvgIpc) is 3.21. The molecule has 0 aliphatic carbocycles. The van der Waals surface area contributed by atoms with Crippen molar-refractivity contribution in [3.8, 4) is 0 Å². The van der Waals surface area contributed by atoms with Crippen LogP contribution in [0.15, 0.2) is 12.2 Å². The molecule has 0 aromatic rings. The summed E-state index contributed by atoms with van der Waals surface area (Å²) in [5, 5.41) is 54.3. The Morgan fingerprint density at radius 3 is 1.42 bits per heavy atom. The van der Waals surface area contributed by atoms with Crippen LogP contribution in [0.1, 0.15) is 232 Å². The van der Waals surface area contributed by atoms with E-state index in [1.165, 1.54) is 167 Å². The third-order valence-corrected chi connectivity index (χ3v) is 11.9. The highest BCUT2D eigenvalue weighted by atomic mass is 16.7. The Kier molecular flexibility index (Phi) is 37.0. The predicted octanol–water partition coefficient (Wildman–Crippen LogP) is 10.5. The van der Waals surface area contributed by atoms with E-state index < -0.39 is 49.5 Å². The zero-order chi connectivity index (χ0) is 41.6. The molecule has 1 fully saturated rings. The molecule has 338 valence electrons. The van der Waals surface area contributed by atoms with Crippen molar-refractivity contribution in [1.82, 2.24) is 5.32 Å². The normalized spacial score (nSPS) is 21.0. The fraction of sp³-hybridized carbons (Fsp3) is 0.938. The molecule has 1 amide bonds. The van der Waals surface area contributed by atoms with Crippen LogP contribution in [-0.2, 0) is 14.3 Å². The third kappa shape index (κ3) is 29.7. The smallest absolute Gasteiger partial charge is 0.220 e. The van der Waals surface area contributed by atoms with Crippen LogP contribution in [0.2, 0.25) is 0 Å². The summed E-state index contributed by atoms with van der Waals surface area (Å²) in [5.74, 6) is -0.147. The Morgan fingerprint density at radius 1 is 0.579 bits per heavy atom. The van der Waals surface area contributed by atoms with E-state index in [0.29, 0.717) is 12.8 Å². The van der Waals surface area contributed by atoms with E-state index in [-0.39, 0.29) is 12.5 Å². The zero-order valence-corrected chi connectivity index (χ0v) is 37.1. The number of aliphatic hydroxyl groups excluding tert-OH is 5. The Morgan fingerprint density at radius 2 is 0.982 bits per heavy atom. The second-order valence-electron chi connectivity index (χ2n) is 17.3. The molecule has 9 nitrogen and oxygen atoms in total. The summed E-state index contributed by atoms with van der Waals surface area (Å²) in [6.07, 6.45) is 38.1. The van der Waals surface area contributed by atoms with Gasteiger partial charge in [-0.05, 0) is 38.5 Å². The van der Waals surface area contributed by atoms with Crippen molar-refractivity contribution in [2.45, 2.75) is 275 Å². The number of unbranched alkanes of at least 4 members (excludes halogenated alkanes) is 29. The molecule has 1 rings (SSSR count). The van der Waals surface area contributed by atoms with E-state index in [1.54, 1.807) is 0 Å². The first-order valence-electron chi connectivity index (χ1n) is 24.4. The lowest BCUT2D eigenvalue weighted by atomic mass is 9.99. The molecule has 7 unspecified atom stereocenters. The standard InChI is InChI=1S/C48H93NO8/c1-3-5-7-9-11-13-15-16-17-18-19-20-21-22-23-24-25-26-27-28-30-32-34-36-38-44(52)49-41(40-56-48-47(55)46(54)45(53)43(39-50)57-48)42(51)37-35-33-31-29-14-12-10-8-6-4-2/h22-23,41-43,45-48,50-51,53-55H,3-21,24-40H2,1-2H3,(H,49,52)/b23-22-. The Bertz CT molecular complexity index is 904. The number of carbonyl (C=O) groups is 1. The molecule has 0 spiro atoms. The number of allylic oxidation sites excluding steroid dienone is 2. The molecular weight excluding hydrogens is 719 g/mol. The Hall–Kier alpha value is -1.07. The summed E-state index contributed by atoms with van der Waals surface area (Å²) in [6.45, 7) is 3.83. The van der Waals surface area contributed by atoms with Crippen molar-refractivity contribution in [3.63, 3.8) is 0 Å². The first kappa shape index (κ1) is 53.9. The van der Waals surface area contributed by atoms with Crippen LogP contribution in [0, 0.1) is 0 Å². The van der Waals surface area contributed by atoms with Crippen LogP contribution in [0.4, 0.5) is 0 Å². The minimum atomic E-state index is -1.55. The average molecular weight is 812 g/mol. The molecule has 0 radical (unpaired) electrons. The molecule has 0 saturated carbocycles. The van der Waals surface area contributed by atoms with Gasteiger partial charge in [-0.15, -0.1) is 0 Å². The highest BCUT2D eigenvalue weighted by molar-refractivity contribution is 5.76. The molecule has 1 aliphatic heterocycles. The van der Waals surface area contributed by atoms with Gasteiger partial charge in [0, 0.05) is 6.42 Å². The second-order valence-corrected chi connectivity index (χ2v) is 17.3. The monoisotopic (exact) mass is 812 g/mol. The maximum Gasteiger partial charge on any atom is 0.220 e. The van der Waals surface area contributed by atoms with Gasteiger partial charge in [-0.1, -0.05) is 199 Å². The molecule has 1 aliphatic rings. The molecule has 0 bridgehead atoms. The fourth-order valence-corrected chi connectivity index (χ4v) is 7.92. The van der Waals surface area contributed by atoms with Gasteiger partial charge in [-0.2, -0.15) is 0 Å². The molecule has 57 heavy (non-hydrogen) atoms. The maximum atomic E-state index is 13.0. The number of rotatable bonds is 41. The Labute approximate surface area is 350 Å². The number of carbonyl (C=O) groups excluding carboxylic acids is 1. The van der Waals surface area contributed by atoms with E-state index in [0.717, 1.165) is 38.5 Å². The Balaban J connectivity index is 2.21. The number of aliphatic hydroxyl groups is 5. The first-order chi connectivity index (χ1) is 27.8. The van der Waals surface area contributed by atoms with Crippen LogP contribution in [0.25, 0.3) is 0 Å². The predicted molar refractivity (Wildman–Crippen MR) is 235 cm³/mol. The summed E-state index contributed by atoms with van der Waals surface area (Å²) in [6, 6.07) is -0.715. The van der Waals surface area contributed by atoms with E-state index in [2.05, 4.69) is 31.3 Å². The van der Waals surface area contributed by atoms with Crippen molar-refractivity contribution < 1.29 is 39.8 Å². The van der Waals surface area contributed by atoms with Crippen molar-refractivity contribution >= 4 is 5.91 Å². The van der Waals surface area contributed by atoms with Crippen LogP contribution in [0.3, 0.4) is 0 Å². The van der Waals surface area contributed by atoms with Crippen molar-refractivity contribution in [3.05, 3.63) is 12.2 Å². The van der Waals surface area contributed by atoms with Gasteiger partial charge in [0.1, 0.15) is 24.4 Å². The molecule has 7 atom stereocenters. The van der Waals surface area contributed by atoms with Gasteiger partial charge in [-0.3, -0.25) is 4.79 Å². The minimum absolute atomic E-state index is 0.136. The molecule has 9 heteroatoms. The van der Waals surface area contributed by atoms with Gasteiger partial charge in [0.2, 0.25) is 5.91 Å². The van der Waals surface area contributed by atoms with Gasteiger partial charge in [0.05, 0.1) is 25.4 Å². The fourth-order valence-electron chi connectivity index (χ4n) is 7.92. The zero-order valence-electron chi connectivity index (χ0n) is 37.1. The lowest BCUT2D eigenvalue weighted by molar-refractivity contribution is -0.302. The second kappa shape index (κ2) is 39.1. The highest BCUT2D eigenvalue weighted by Gasteiger charge is 2.44. The minimum Gasteiger partial charge on any atom is -0.394 e. The van der Waals surface area contributed by atoms with Gasteiger partial charge >= 0.3 is 0 Å². The summed E-state index contributed by atoms with van der Waals surface area (Å²) in [4.78, 5) is 13.0. The first-order valence-corrected chi connectivity index (χ1v) is 24.4. The molecule has 0 aromatic heterocycles. The third-order valence-electron chi connectivity index (χ3n) is 11.9. The topological polar surface area (TPSA) is 149 Å². The number of hydrogen-bond acceptors (Lipinski definition) is 8. The largest absolute Gasteiger partial charge is 0.394 e. The summed E-state index contributed by atoms with van der Waals surface area (Å²) in [5.41, 5.74) is 0. The van der Waals surface area contributed by atoms with Gasteiger partial charge in [-0.25, -0.2) is 0 Å². The van der Waals surface area contributed by atoms with Crippen molar-refractivity contribution in [2.75, 3.05) is 13.2 Å². The summed E-state index contributed by atoms with van der Waals surface area (Å²) < 4.78 is 11.2. The molecule has 1 heterocycles. The number of nitrogens with one attached hydrogen (secondary N) is 1. The summed E-state index contributed by atoms with van der Waals surface area (Å²) in [7, 11) is 0. The number of amides is 1. The van der Waals surface area contributed by atoms with Gasteiger partial charge < -0.3 is 40.3 Å². The molecular formula is C48H93NO8. The highest BCUT2D eigenvalue weighted by Crippen LogP contribution is 2.23. The van der Waals surface area contributed by atoms with Crippen LogP contribution < -0.4 is 5.32 Å². The van der Waals surface area contributed by atoms with E-state index >= 15 is 0 Å². The van der Waals surface area contributed by atoms with Crippen molar-refractivity contribution in [1.29, 1.82) is 0 Å². The van der Waals surface area contributed by atoms with E-state index in [9.17, 15) is 30.3 Å². The lowest BCUT2D eigenvalue weighted by Gasteiger charge is -2.40. The van der Waals surface area contributed by atoms with E-state index in [4.69, 9.17) is 9.47 Å².